The van der Waals surface area contributed by atoms with Crippen LogP contribution in [0, 0.1) is 36.5 Å². The van der Waals surface area contributed by atoms with Crippen LogP contribution in [-0.2, 0) is 0 Å². The van der Waals surface area contributed by atoms with Crippen molar-refractivity contribution in [3.63, 3.8) is 0 Å². The number of hydrogen-bond donors (Lipinski definition) is 1. The van der Waals surface area contributed by atoms with E-state index < -0.39 is 0 Å². The summed E-state index contributed by atoms with van der Waals surface area (Å²) in [7, 11) is 0. The molecule has 0 saturated heterocycles. The molecule has 0 fully saturated rings. The van der Waals surface area contributed by atoms with E-state index in [-0.39, 0.29) is 0 Å². The number of aryl methyl sites for hydroxylation is 2. The SMILES string of the molecule is Cc1cc(C#N)cc(C)c1Oc1nc(Nc2ccc(C#N)cc2)nc2c(C(C)C)csc12. The highest BCUT2D eigenvalue weighted by Crippen LogP contribution is 2.39. The van der Waals surface area contributed by atoms with Gasteiger partial charge in [-0.05, 0) is 78.2 Å². The number of aromatic nitrogens is 2. The second-order valence-corrected chi connectivity index (χ2v) is 8.72. The van der Waals surface area contributed by atoms with Gasteiger partial charge in [0.2, 0.25) is 11.8 Å². The Labute approximate surface area is 190 Å². The molecule has 0 atom stereocenters. The molecule has 0 aliphatic heterocycles. The third-order valence-electron chi connectivity index (χ3n) is 5.09. The average Bonchev–Trinajstić information content (AvgIpc) is 3.21. The summed E-state index contributed by atoms with van der Waals surface area (Å²) in [6.07, 6.45) is 0. The van der Waals surface area contributed by atoms with E-state index in [0.29, 0.717) is 34.6 Å². The van der Waals surface area contributed by atoms with Gasteiger partial charge in [0.25, 0.3) is 0 Å². The van der Waals surface area contributed by atoms with E-state index in [1.165, 1.54) is 0 Å². The van der Waals surface area contributed by atoms with Crippen molar-refractivity contribution < 1.29 is 4.74 Å². The molecule has 4 aromatic rings. The van der Waals surface area contributed by atoms with Gasteiger partial charge in [-0.15, -0.1) is 11.3 Å². The minimum atomic E-state index is 0.299. The third-order valence-corrected chi connectivity index (χ3v) is 6.07. The van der Waals surface area contributed by atoms with Crippen LogP contribution in [0.2, 0.25) is 0 Å². The van der Waals surface area contributed by atoms with Gasteiger partial charge in [-0.3, -0.25) is 0 Å². The molecule has 0 unspecified atom stereocenters. The van der Waals surface area contributed by atoms with Crippen molar-refractivity contribution in [3.8, 4) is 23.8 Å². The third kappa shape index (κ3) is 4.12. The zero-order chi connectivity index (χ0) is 22.8. The Hall–Kier alpha value is -3.94. The number of ether oxygens (including phenoxy) is 1. The van der Waals surface area contributed by atoms with Gasteiger partial charge in [-0.1, -0.05) is 13.8 Å². The van der Waals surface area contributed by atoms with E-state index in [0.717, 1.165) is 32.6 Å². The predicted molar refractivity (Wildman–Crippen MR) is 127 cm³/mol. The van der Waals surface area contributed by atoms with Crippen molar-refractivity contribution in [1.82, 2.24) is 9.97 Å². The Balaban J connectivity index is 1.81. The number of fused-ring (bicyclic) bond motifs is 1. The van der Waals surface area contributed by atoms with Gasteiger partial charge in [0.1, 0.15) is 10.4 Å². The molecular weight excluding hydrogens is 418 g/mol. The molecule has 0 radical (unpaired) electrons. The molecular formula is C25H21N5OS. The molecule has 32 heavy (non-hydrogen) atoms. The van der Waals surface area contributed by atoms with E-state index in [2.05, 4.69) is 41.7 Å². The van der Waals surface area contributed by atoms with Crippen LogP contribution in [0.5, 0.6) is 11.6 Å². The normalized spacial score (nSPS) is 10.7. The first-order valence-corrected chi connectivity index (χ1v) is 11.0. The number of benzene rings is 2. The molecule has 6 nitrogen and oxygen atoms in total. The molecule has 1 N–H and O–H groups in total. The molecule has 4 rings (SSSR count). The smallest absolute Gasteiger partial charge is 0.242 e. The minimum Gasteiger partial charge on any atom is -0.437 e. The Kier molecular flexibility index (Phi) is 5.77. The van der Waals surface area contributed by atoms with Gasteiger partial charge in [0.05, 0.1) is 28.8 Å². The van der Waals surface area contributed by atoms with Gasteiger partial charge >= 0.3 is 0 Å². The highest BCUT2D eigenvalue weighted by atomic mass is 32.1. The highest BCUT2D eigenvalue weighted by molar-refractivity contribution is 7.17. The minimum absolute atomic E-state index is 0.299. The lowest BCUT2D eigenvalue weighted by Gasteiger charge is -2.14. The molecule has 0 aliphatic carbocycles. The average molecular weight is 440 g/mol. The second kappa shape index (κ2) is 8.66. The fourth-order valence-electron chi connectivity index (χ4n) is 3.47. The molecule has 0 aliphatic rings. The fraction of sp³-hybridized carbons (Fsp3) is 0.200. The first-order chi connectivity index (χ1) is 15.4. The summed E-state index contributed by atoms with van der Waals surface area (Å²) in [5, 5.41) is 23.6. The molecule has 0 amide bonds. The summed E-state index contributed by atoms with van der Waals surface area (Å²) in [4.78, 5) is 9.44. The van der Waals surface area contributed by atoms with Gasteiger partial charge in [-0.2, -0.15) is 15.5 Å². The molecule has 7 heteroatoms. The number of rotatable bonds is 5. The van der Waals surface area contributed by atoms with Gasteiger partial charge in [0, 0.05) is 5.69 Å². The monoisotopic (exact) mass is 439 g/mol. The van der Waals surface area contributed by atoms with Crippen LogP contribution >= 0.6 is 11.3 Å². The number of anilines is 2. The highest BCUT2D eigenvalue weighted by Gasteiger charge is 2.19. The second-order valence-electron chi connectivity index (χ2n) is 7.84. The van der Waals surface area contributed by atoms with Crippen molar-refractivity contribution in [2.45, 2.75) is 33.6 Å². The summed E-state index contributed by atoms with van der Waals surface area (Å²) in [5.41, 5.74) is 5.69. The Morgan fingerprint density at radius 2 is 1.62 bits per heavy atom. The van der Waals surface area contributed by atoms with E-state index in [4.69, 9.17) is 15.0 Å². The zero-order valence-corrected chi connectivity index (χ0v) is 19.0. The molecule has 2 heterocycles. The van der Waals surface area contributed by atoms with Crippen molar-refractivity contribution in [2.24, 2.45) is 0 Å². The van der Waals surface area contributed by atoms with Crippen LogP contribution in [0.15, 0.2) is 41.8 Å². The predicted octanol–water partition coefficient (Wildman–Crippen LogP) is 6.71. The maximum Gasteiger partial charge on any atom is 0.242 e. The van der Waals surface area contributed by atoms with Crippen LogP contribution in [0.4, 0.5) is 11.6 Å². The van der Waals surface area contributed by atoms with Crippen molar-refractivity contribution in [2.75, 3.05) is 5.32 Å². The molecule has 158 valence electrons. The number of nitrogens with zero attached hydrogens (tertiary/aromatic N) is 4. The topological polar surface area (TPSA) is 94.6 Å². The number of thiophene rings is 1. The van der Waals surface area contributed by atoms with Gasteiger partial charge in [0.15, 0.2) is 0 Å². The summed E-state index contributed by atoms with van der Waals surface area (Å²) in [6.45, 7) is 8.11. The quantitative estimate of drug-likeness (QED) is 0.371. The first kappa shape index (κ1) is 21.3. The lowest BCUT2D eigenvalue weighted by atomic mass is 10.1. The fourth-order valence-corrected chi connectivity index (χ4v) is 4.57. The molecule has 0 saturated carbocycles. The molecule has 0 spiro atoms. The Morgan fingerprint density at radius 1 is 0.969 bits per heavy atom. The van der Waals surface area contributed by atoms with Crippen molar-refractivity contribution >= 4 is 33.2 Å². The summed E-state index contributed by atoms with van der Waals surface area (Å²) in [5.74, 6) is 1.88. The van der Waals surface area contributed by atoms with Crippen LogP contribution < -0.4 is 10.1 Å². The number of hydrogen-bond acceptors (Lipinski definition) is 7. The van der Waals surface area contributed by atoms with Crippen LogP contribution in [0.3, 0.4) is 0 Å². The maximum absolute atomic E-state index is 9.24. The first-order valence-electron chi connectivity index (χ1n) is 10.1. The van der Waals surface area contributed by atoms with E-state index >= 15 is 0 Å². The lowest BCUT2D eigenvalue weighted by Crippen LogP contribution is -2.01. The van der Waals surface area contributed by atoms with Crippen LogP contribution in [0.25, 0.3) is 10.2 Å². The zero-order valence-electron chi connectivity index (χ0n) is 18.2. The number of nitriles is 2. The van der Waals surface area contributed by atoms with E-state index in [1.807, 2.05) is 38.1 Å². The molecule has 2 aromatic carbocycles. The maximum atomic E-state index is 9.24. The lowest BCUT2D eigenvalue weighted by molar-refractivity contribution is 0.463. The standard InChI is InChI=1S/C25H21N5OS/c1-14(2)20-13-32-23-21(20)29-25(28-19-7-5-17(11-26)6-8-19)30-24(23)31-22-15(3)9-18(12-27)10-16(22)4/h5-10,13-14H,1-4H3,(H,28,29,30). The van der Waals surface area contributed by atoms with Gasteiger partial charge < -0.3 is 10.1 Å². The molecule has 0 bridgehead atoms. The van der Waals surface area contributed by atoms with Crippen LogP contribution in [0.1, 0.15) is 47.6 Å². The van der Waals surface area contributed by atoms with E-state index in [1.54, 1.807) is 23.5 Å². The Morgan fingerprint density at radius 3 is 2.22 bits per heavy atom. The van der Waals surface area contributed by atoms with Crippen molar-refractivity contribution in [1.29, 1.82) is 10.5 Å². The summed E-state index contributed by atoms with van der Waals surface area (Å²) in [6, 6.07) is 15.0. The van der Waals surface area contributed by atoms with Gasteiger partial charge in [-0.25, -0.2) is 4.98 Å². The van der Waals surface area contributed by atoms with Crippen LogP contribution in [-0.4, -0.2) is 9.97 Å². The van der Waals surface area contributed by atoms with Crippen molar-refractivity contribution in [3.05, 3.63) is 69.6 Å². The molecule has 2 aromatic heterocycles. The summed E-state index contributed by atoms with van der Waals surface area (Å²) < 4.78 is 7.20. The largest absolute Gasteiger partial charge is 0.437 e. The summed E-state index contributed by atoms with van der Waals surface area (Å²) >= 11 is 1.56. The Bertz CT molecular complexity index is 1370. The number of nitrogens with one attached hydrogen (secondary N) is 1. The van der Waals surface area contributed by atoms with E-state index in [9.17, 15) is 5.26 Å².